The predicted molar refractivity (Wildman–Crippen MR) is 91.8 cm³/mol. The Morgan fingerprint density at radius 3 is 2.70 bits per heavy atom. The first-order valence-electron chi connectivity index (χ1n) is 8.73. The third-order valence-corrected chi connectivity index (χ3v) is 4.22. The lowest BCUT2D eigenvalue weighted by Gasteiger charge is -2.28. The summed E-state index contributed by atoms with van der Waals surface area (Å²) in [6.45, 7) is 10.9. The lowest BCUT2D eigenvalue weighted by Crippen LogP contribution is -2.37. The number of aromatic nitrogens is 4. The van der Waals surface area contributed by atoms with Crippen molar-refractivity contribution >= 4 is 16.9 Å². The van der Waals surface area contributed by atoms with Crippen LogP contribution in [0.3, 0.4) is 0 Å². The molecule has 23 heavy (non-hydrogen) atoms. The number of hydrogen-bond donors (Lipinski definition) is 0. The Labute approximate surface area is 137 Å². The van der Waals surface area contributed by atoms with Crippen molar-refractivity contribution in [3.8, 4) is 0 Å². The van der Waals surface area contributed by atoms with E-state index in [9.17, 15) is 0 Å². The summed E-state index contributed by atoms with van der Waals surface area (Å²) in [5.41, 5.74) is 2.11. The van der Waals surface area contributed by atoms with Crippen molar-refractivity contribution < 1.29 is 4.74 Å². The van der Waals surface area contributed by atoms with Gasteiger partial charge in [-0.1, -0.05) is 27.2 Å². The van der Waals surface area contributed by atoms with Crippen molar-refractivity contribution in [2.45, 2.75) is 46.6 Å². The third-order valence-electron chi connectivity index (χ3n) is 4.22. The number of hydrogen-bond acceptors (Lipinski definition) is 5. The summed E-state index contributed by atoms with van der Waals surface area (Å²) in [4.78, 5) is 11.5. The minimum atomic E-state index is 0.561. The zero-order valence-electron chi connectivity index (χ0n) is 14.5. The van der Waals surface area contributed by atoms with E-state index < -0.39 is 0 Å². The molecule has 126 valence electrons. The Morgan fingerprint density at radius 2 is 2.00 bits per heavy atom. The van der Waals surface area contributed by atoms with Crippen LogP contribution in [0.2, 0.25) is 0 Å². The van der Waals surface area contributed by atoms with Gasteiger partial charge in [-0.3, -0.25) is 0 Å². The van der Waals surface area contributed by atoms with Crippen LogP contribution in [0.15, 0.2) is 6.33 Å². The maximum absolute atomic E-state index is 5.48. The number of ether oxygens (including phenoxy) is 1. The summed E-state index contributed by atoms with van der Waals surface area (Å²) < 4.78 is 7.55. The van der Waals surface area contributed by atoms with E-state index in [0.29, 0.717) is 5.92 Å². The highest BCUT2D eigenvalue weighted by Gasteiger charge is 2.22. The van der Waals surface area contributed by atoms with Gasteiger partial charge < -0.3 is 9.64 Å². The molecule has 0 unspecified atom stereocenters. The van der Waals surface area contributed by atoms with Crippen LogP contribution in [0.25, 0.3) is 11.0 Å². The summed E-state index contributed by atoms with van der Waals surface area (Å²) in [6.07, 6.45) is 4.91. The van der Waals surface area contributed by atoms with Crippen LogP contribution >= 0.6 is 0 Å². The number of unbranched alkanes of at least 4 members (excludes halogenated alkanes) is 1. The minimum Gasteiger partial charge on any atom is -0.378 e. The van der Waals surface area contributed by atoms with E-state index >= 15 is 0 Å². The molecule has 6 heteroatoms. The van der Waals surface area contributed by atoms with E-state index in [1.54, 1.807) is 6.33 Å². The van der Waals surface area contributed by atoms with Crippen LogP contribution in [-0.2, 0) is 17.7 Å². The fourth-order valence-electron chi connectivity index (χ4n) is 3.07. The molecule has 0 aliphatic carbocycles. The highest BCUT2D eigenvalue weighted by Crippen LogP contribution is 2.28. The molecule has 0 bridgehead atoms. The first-order valence-corrected chi connectivity index (χ1v) is 8.73. The zero-order valence-corrected chi connectivity index (χ0v) is 14.5. The molecule has 0 atom stereocenters. The molecule has 6 nitrogen and oxygen atoms in total. The molecule has 2 aromatic rings. The largest absolute Gasteiger partial charge is 0.378 e. The van der Waals surface area contributed by atoms with Crippen LogP contribution < -0.4 is 4.90 Å². The number of rotatable bonds is 6. The van der Waals surface area contributed by atoms with Gasteiger partial charge in [0.15, 0.2) is 5.65 Å². The Morgan fingerprint density at radius 1 is 1.22 bits per heavy atom. The molecule has 1 aliphatic heterocycles. The second-order valence-corrected chi connectivity index (χ2v) is 6.62. The fourth-order valence-corrected chi connectivity index (χ4v) is 3.07. The summed E-state index contributed by atoms with van der Waals surface area (Å²) in [7, 11) is 0. The van der Waals surface area contributed by atoms with Crippen LogP contribution in [0.4, 0.5) is 5.82 Å². The number of anilines is 1. The van der Waals surface area contributed by atoms with Gasteiger partial charge in [0.1, 0.15) is 12.1 Å². The minimum absolute atomic E-state index is 0.561. The average Bonchev–Trinajstić information content (AvgIpc) is 2.91. The highest BCUT2D eigenvalue weighted by atomic mass is 16.5. The van der Waals surface area contributed by atoms with E-state index in [1.807, 2.05) is 0 Å². The molecular weight excluding hydrogens is 290 g/mol. The molecule has 0 amide bonds. The molecule has 0 radical (unpaired) electrons. The van der Waals surface area contributed by atoms with E-state index in [-0.39, 0.29) is 0 Å². The summed E-state index contributed by atoms with van der Waals surface area (Å²) in [6, 6.07) is 0. The highest BCUT2D eigenvalue weighted by molar-refractivity contribution is 5.90. The van der Waals surface area contributed by atoms with Crippen molar-refractivity contribution in [3.05, 3.63) is 12.0 Å². The molecule has 1 fully saturated rings. The normalized spacial score (nSPS) is 15.7. The van der Waals surface area contributed by atoms with Crippen LogP contribution in [-0.4, -0.2) is 46.1 Å². The van der Waals surface area contributed by atoms with Gasteiger partial charge in [0.2, 0.25) is 0 Å². The quantitative estimate of drug-likeness (QED) is 0.820. The lowest BCUT2D eigenvalue weighted by atomic mass is 10.1. The van der Waals surface area contributed by atoms with Gasteiger partial charge in [-0.2, -0.15) is 5.10 Å². The third kappa shape index (κ3) is 3.47. The van der Waals surface area contributed by atoms with Gasteiger partial charge in [0.25, 0.3) is 0 Å². The molecule has 2 aromatic heterocycles. The molecule has 3 rings (SSSR count). The van der Waals surface area contributed by atoms with Crippen molar-refractivity contribution in [2.24, 2.45) is 5.92 Å². The molecule has 1 aliphatic rings. The molecular formula is C17H27N5O. The van der Waals surface area contributed by atoms with E-state index in [0.717, 1.165) is 74.7 Å². The van der Waals surface area contributed by atoms with E-state index in [4.69, 9.17) is 9.84 Å². The van der Waals surface area contributed by atoms with Gasteiger partial charge >= 0.3 is 0 Å². The van der Waals surface area contributed by atoms with Gasteiger partial charge in [-0.05, 0) is 18.8 Å². The first-order chi connectivity index (χ1) is 11.2. The number of morpholine rings is 1. The second-order valence-electron chi connectivity index (χ2n) is 6.62. The van der Waals surface area contributed by atoms with Gasteiger partial charge in [-0.15, -0.1) is 0 Å². The van der Waals surface area contributed by atoms with E-state index in [2.05, 4.69) is 40.3 Å². The Hall–Kier alpha value is -1.69. The van der Waals surface area contributed by atoms with Crippen LogP contribution in [0.1, 0.15) is 39.3 Å². The number of nitrogens with zero attached hydrogens (tertiary/aromatic N) is 5. The lowest BCUT2D eigenvalue weighted by molar-refractivity contribution is 0.122. The smallest absolute Gasteiger partial charge is 0.163 e. The summed E-state index contributed by atoms with van der Waals surface area (Å²) >= 11 is 0. The Bertz CT molecular complexity index is 646. The summed E-state index contributed by atoms with van der Waals surface area (Å²) in [5.74, 6) is 1.59. The molecule has 0 N–H and O–H groups in total. The van der Waals surface area contributed by atoms with Crippen molar-refractivity contribution in [2.75, 3.05) is 31.2 Å². The average molecular weight is 317 g/mol. The maximum atomic E-state index is 5.48. The Balaban J connectivity index is 2.06. The van der Waals surface area contributed by atoms with Crippen molar-refractivity contribution in [1.82, 2.24) is 19.7 Å². The number of fused-ring (bicyclic) bond motifs is 1. The van der Waals surface area contributed by atoms with E-state index in [1.165, 1.54) is 0 Å². The zero-order chi connectivity index (χ0) is 16.2. The molecule has 0 saturated carbocycles. The first kappa shape index (κ1) is 16.2. The standard InChI is InChI=1S/C17H27N5O/c1-4-5-6-22-17-15(14(20-22)11-13(2)3)16(18-12-19-17)21-7-9-23-10-8-21/h12-13H,4-11H2,1-3H3. The second kappa shape index (κ2) is 7.25. The fraction of sp³-hybridized carbons (Fsp3) is 0.706. The molecule has 1 saturated heterocycles. The molecule has 3 heterocycles. The van der Waals surface area contributed by atoms with Gasteiger partial charge in [0, 0.05) is 19.6 Å². The number of aryl methyl sites for hydroxylation is 1. The van der Waals surface area contributed by atoms with Gasteiger partial charge in [0.05, 0.1) is 24.3 Å². The maximum Gasteiger partial charge on any atom is 0.163 e. The van der Waals surface area contributed by atoms with Crippen LogP contribution in [0.5, 0.6) is 0 Å². The Kier molecular flexibility index (Phi) is 5.10. The molecule has 0 spiro atoms. The van der Waals surface area contributed by atoms with Crippen molar-refractivity contribution in [3.63, 3.8) is 0 Å². The topological polar surface area (TPSA) is 56.1 Å². The van der Waals surface area contributed by atoms with Crippen LogP contribution in [0, 0.1) is 5.92 Å². The predicted octanol–water partition coefficient (Wildman–Crippen LogP) is 2.66. The summed E-state index contributed by atoms with van der Waals surface area (Å²) in [5, 5.41) is 6.02. The SMILES string of the molecule is CCCCn1nc(CC(C)C)c2c(N3CCOCC3)ncnc21. The van der Waals surface area contributed by atoms with Gasteiger partial charge in [-0.25, -0.2) is 14.6 Å². The molecule has 0 aromatic carbocycles. The van der Waals surface area contributed by atoms with Crippen molar-refractivity contribution in [1.29, 1.82) is 0 Å². The monoisotopic (exact) mass is 317 g/mol.